The Balaban J connectivity index is 3.04. The number of carbonyl (C=O) groups is 2. The number of amides is 1. The molecule has 0 atom stereocenters. The molecule has 2 N–H and O–H groups in total. The number of nitrogens with zero attached hydrogens (tertiary/aromatic N) is 1. The minimum atomic E-state index is -0.543. The van der Waals surface area contributed by atoms with Gasteiger partial charge in [-0.05, 0) is 39.8 Å². The largest absolute Gasteiger partial charge is 0.465 e. The van der Waals surface area contributed by atoms with E-state index in [1.807, 2.05) is 0 Å². The molecule has 116 valence electrons. The predicted octanol–water partition coefficient (Wildman–Crippen LogP) is 2.13. The topological polar surface area (TPSA) is 72.6 Å². The number of ether oxygens (including phenoxy) is 1. The lowest BCUT2D eigenvalue weighted by molar-refractivity contribution is -0.144. The normalized spacial score (nSPS) is 10.6. The molecule has 1 aromatic rings. The molecular weight excluding hydrogens is 275 g/mol. The van der Waals surface area contributed by atoms with Crippen LogP contribution in [-0.2, 0) is 9.53 Å². The summed E-state index contributed by atoms with van der Waals surface area (Å²) in [5, 5.41) is 0. The zero-order valence-electron chi connectivity index (χ0n) is 12.8. The Bertz CT molecular complexity index is 521. The smallest absolute Gasteiger partial charge is 0.325 e. The number of rotatable bonds is 5. The maximum Gasteiger partial charge on any atom is 0.325 e. The molecule has 0 saturated heterocycles. The van der Waals surface area contributed by atoms with E-state index in [-0.39, 0.29) is 30.4 Å². The summed E-state index contributed by atoms with van der Waals surface area (Å²) >= 11 is 0. The second-order valence-electron chi connectivity index (χ2n) is 5.00. The van der Waals surface area contributed by atoms with E-state index >= 15 is 0 Å². The van der Waals surface area contributed by atoms with Crippen molar-refractivity contribution in [3.63, 3.8) is 0 Å². The van der Waals surface area contributed by atoms with E-state index in [1.165, 1.54) is 17.9 Å². The average Bonchev–Trinajstić information content (AvgIpc) is 2.40. The fraction of sp³-hybridized carbons (Fsp3) is 0.467. The molecule has 6 heteroatoms. The van der Waals surface area contributed by atoms with Crippen molar-refractivity contribution >= 4 is 17.6 Å². The first-order valence-electron chi connectivity index (χ1n) is 6.80. The highest BCUT2D eigenvalue weighted by atomic mass is 19.1. The first kappa shape index (κ1) is 16.9. The number of benzene rings is 1. The predicted molar refractivity (Wildman–Crippen MR) is 78.4 cm³/mol. The van der Waals surface area contributed by atoms with Crippen molar-refractivity contribution in [2.45, 2.75) is 33.7 Å². The Hall–Kier alpha value is -2.11. The molecule has 5 nitrogen and oxygen atoms in total. The molecule has 0 unspecified atom stereocenters. The third-order valence-electron chi connectivity index (χ3n) is 3.12. The van der Waals surface area contributed by atoms with Gasteiger partial charge in [-0.3, -0.25) is 9.59 Å². The number of esters is 1. The molecule has 0 aliphatic rings. The highest BCUT2D eigenvalue weighted by molar-refractivity contribution is 5.97. The standard InChI is InChI=1S/C15H21FN2O3/c1-5-21-14(19)8-18(9(2)3)15(20)11-6-12(16)10(4)13(17)7-11/h6-7,9H,5,8,17H2,1-4H3. The minimum absolute atomic E-state index is 0.119. The lowest BCUT2D eigenvalue weighted by Crippen LogP contribution is -2.41. The Kier molecular flexibility index (Phi) is 5.69. The molecule has 0 fully saturated rings. The molecule has 1 rings (SSSR count). The molecule has 0 aliphatic carbocycles. The summed E-state index contributed by atoms with van der Waals surface area (Å²) in [5.41, 5.74) is 6.31. The number of nitrogen functional groups attached to an aromatic ring is 1. The van der Waals surface area contributed by atoms with Crippen LogP contribution in [-0.4, -0.2) is 36.0 Å². The summed E-state index contributed by atoms with van der Waals surface area (Å²) in [7, 11) is 0. The first-order chi connectivity index (χ1) is 9.77. The summed E-state index contributed by atoms with van der Waals surface area (Å²) < 4.78 is 18.5. The maximum atomic E-state index is 13.7. The van der Waals surface area contributed by atoms with Gasteiger partial charge in [-0.15, -0.1) is 0 Å². The van der Waals surface area contributed by atoms with Crippen LogP contribution in [0.1, 0.15) is 36.7 Å². The molecule has 21 heavy (non-hydrogen) atoms. The number of anilines is 1. The van der Waals surface area contributed by atoms with E-state index in [1.54, 1.807) is 20.8 Å². The van der Waals surface area contributed by atoms with Crippen LogP contribution >= 0.6 is 0 Å². The van der Waals surface area contributed by atoms with E-state index in [2.05, 4.69) is 0 Å². The molecule has 1 aromatic carbocycles. The fourth-order valence-corrected chi connectivity index (χ4v) is 1.82. The number of halogens is 1. The van der Waals surface area contributed by atoms with Gasteiger partial charge in [-0.1, -0.05) is 0 Å². The van der Waals surface area contributed by atoms with Crippen LogP contribution in [0.3, 0.4) is 0 Å². The van der Waals surface area contributed by atoms with E-state index in [4.69, 9.17) is 10.5 Å². The van der Waals surface area contributed by atoms with Crippen molar-refractivity contribution in [2.24, 2.45) is 0 Å². The van der Waals surface area contributed by atoms with Gasteiger partial charge in [0.15, 0.2) is 0 Å². The fourth-order valence-electron chi connectivity index (χ4n) is 1.82. The van der Waals surface area contributed by atoms with Crippen molar-refractivity contribution < 1.29 is 18.7 Å². The van der Waals surface area contributed by atoms with Gasteiger partial charge in [0.1, 0.15) is 12.4 Å². The Morgan fingerprint density at radius 2 is 2.00 bits per heavy atom. The minimum Gasteiger partial charge on any atom is -0.465 e. The molecule has 0 aliphatic heterocycles. The summed E-state index contributed by atoms with van der Waals surface area (Å²) in [6.07, 6.45) is 0. The van der Waals surface area contributed by atoms with E-state index in [0.717, 1.165) is 6.07 Å². The van der Waals surface area contributed by atoms with Gasteiger partial charge in [-0.2, -0.15) is 0 Å². The Morgan fingerprint density at radius 1 is 1.38 bits per heavy atom. The van der Waals surface area contributed by atoms with Gasteiger partial charge in [0.05, 0.1) is 6.61 Å². The molecule has 0 heterocycles. The summed E-state index contributed by atoms with van der Waals surface area (Å²) in [5.74, 6) is -1.50. The second kappa shape index (κ2) is 7.06. The lowest BCUT2D eigenvalue weighted by Gasteiger charge is -2.26. The summed E-state index contributed by atoms with van der Waals surface area (Å²) in [6.45, 7) is 6.83. The molecule has 0 radical (unpaired) electrons. The molecule has 0 saturated carbocycles. The van der Waals surface area contributed by atoms with Gasteiger partial charge in [0, 0.05) is 22.9 Å². The number of nitrogens with two attached hydrogens (primary N) is 1. The van der Waals surface area contributed by atoms with Crippen LogP contribution in [0.4, 0.5) is 10.1 Å². The van der Waals surface area contributed by atoms with Crippen LogP contribution in [0.2, 0.25) is 0 Å². The summed E-state index contributed by atoms with van der Waals surface area (Å²) in [4.78, 5) is 25.3. The van der Waals surface area contributed by atoms with Crippen molar-refractivity contribution in [2.75, 3.05) is 18.9 Å². The van der Waals surface area contributed by atoms with Crippen LogP contribution in [0.15, 0.2) is 12.1 Å². The van der Waals surface area contributed by atoms with Gasteiger partial charge in [0.25, 0.3) is 5.91 Å². The zero-order valence-corrected chi connectivity index (χ0v) is 12.8. The first-order valence-corrected chi connectivity index (χ1v) is 6.80. The quantitative estimate of drug-likeness (QED) is 0.667. The maximum absolute atomic E-state index is 13.7. The molecule has 0 bridgehead atoms. The third kappa shape index (κ3) is 4.18. The number of hydrogen-bond acceptors (Lipinski definition) is 4. The molecule has 1 amide bonds. The second-order valence-corrected chi connectivity index (χ2v) is 5.00. The van der Waals surface area contributed by atoms with Crippen LogP contribution < -0.4 is 5.73 Å². The summed E-state index contributed by atoms with van der Waals surface area (Å²) in [6, 6.07) is 2.32. The lowest BCUT2D eigenvalue weighted by atomic mass is 10.1. The monoisotopic (exact) mass is 296 g/mol. The highest BCUT2D eigenvalue weighted by Gasteiger charge is 2.23. The van der Waals surface area contributed by atoms with E-state index in [0.29, 0.717) is 5.56 Å². The van der Waals surface area contributed by atoms with Gasteiger partial charge >= 0.3 is 5.97 Å². The van der Waals surface area contributed by atoms with Crippen LogP contribution in [0.25, 0.3) is 0 Å². The van der Waals surface area contributed by atoms with Gasteiger partial charge in [-0.25, -0.2) is 4.39 Å². The van der Waals surface area contributed by atoms with Crippen molar-refractivity contribution in [3.8, 4) is 0 Å². The SMILES string of the molecule is CCOC(=O)CN(C(=O)c1cc(N)c(C)c(F)c1)C(C)C. The molecular formula is C15H21FN2O3. The Labute approximate surface area is 123 Å². The van der Waals surface area contributed by atoms with Crippen LogP contribution in [0.5, 0.6) is 0 Å². The average molecular weight is 296 g/mol. The van der Waals surface area contributed by atoms with E-state index < -0.39 is 17.7 Å². The Morgan fingerprint density at radius 3 is 2.48 bits per heavy atom. The number of carbonyl (C=O) groups excluding carboxylic acids is 2. The van der Waals surface area contributed by atoms with E-state index in [9.17, 15) is 14.0 Å². The number of hydrogen-bond donors (Lipinski definition) is 1. The van der Waals surface area contributed by atoms with Crippen LogP contribution in [0, 0.1) is 12.7 Å². The van der Waals surface area contributed by atoms with Crippen molar-refractivity contribution in [1.29, 1.82) is 0 Å². The third-order valence-corrected chi connectivity index (χ3v) is 3.12. The van der Waals surface area contributed by atoms with Crippen molar-refractivity contribution in [3.05, 3.63) is 29.1 Å². The highest BCUT2D eigenvalue weighted by Crippen LogP contribution is 2.19. The van der Waals surface area contributed by atoms with Gasteiger partial charge < -0.3 is 15.4 Å². The zero-order chi connectivity index (χ0) is 16.2. The van der Waals surface area contributed by atoms with Gasteiger partial charge in [0.2, 0.25) is 0 Å². The molecule has 0 aromatic heterocycles. The van der Waals surface area contributed by atoms with Crippen molar-refractivity contribution in [1.82, 2.24) is 4.90 Å². The molecule has 0 spiro atoms.